The van der Waals surface area contributed by atoms with Gasteiger partial charge in [-0.05, 0) is 26.4 Å². The third kappa shape index (κ3) is 2.57. The van der Waals surface area contributed by atoms with Gasteiger partial charge in [-0.2, -0.15) is 13.2 Å². The van der Waals surface area contributed by atoms with E-state index in [1.807, 2.05) is 0 Å². The highest BCUT2D eigenvalue weighted by Gasteiger charge is 2.46. The molecule has 6 N–H and O–H groups in total. The number of anilines is 1. The zero-order chi connectivity index (χ0) is 16.8. The summed E-state index contributed by atoms with van der Waals surface area (Å²) in [5, 5.41) is 5.93. The molecule has 128 valence electrons. The molecule has 2 aliphatic rings. The van der Waals surface area contributed by atoms with Gasteiger partial charge in [0, 0.05) is 18.4 Å². The topological polar surface area (TPSA) is 102 Å². The molecule has 3 rings (SSSR count). The highest BCUT2D eigenvalue weighted by molar-refractivity contribution is 5.96. The predicted molar refractivity (Wildman–Crippen MR) is 79.9 cm³/mol. The fourth-order valence-electron chi connectivity index (χ4n) is 3.37. The van der Waals surface area contributed by atoms with Crippen molar-refractivity contribution in [3.63, 3.8) is 0 Å². The molecule has 0 saturated carbocycles. The van der Waals surface area contributed by atoms with Crippen molar-refractivity contribution in [3.05, 3.63) is 17.1 Å². The highest BCUT2D eigenvalue weighted by Crippen LogP contribution is 2.46. The molecular formula is C14H20F3N5O. The molecule has 1 aromatic rings. The van der Waals surface area contributed by atoms with E-state index in [-0.39, 0.29) is 25.2 Å². The SMILES string of the molecule is CNC1(CCN)N=C(N)Nc2c1oc1c2CC(C(F)(F)F)CC1. The number of alkyl halides is 3. The molecule has 6 nitrogen and oxygen atoms in total. The van der Waals surface area contributed by atoms with Crippen LogP contribution in [-0.4, -0.2) is 25.7 Å². The minimum Gasteiger partial charge on any atom is -0.459 e. The van der Waals surface area contributed by atoms with E-state index in [4.69, 9.17) is 15.9 Å². The van der Waals surface area contributed by atoms with Crippen molar-refractivity contribution >= 4 is 11.6 Å². The highest BCUT2D eigenvalue weighted by atomic mass is 19.4. The van der Waals surface area contributed by atoms with Gasteiger partial charge in [-0.3, -0.25) is 5.32 Å². The molecule has 0 aromatic carbocycles. The van der Waals surface area contributed by atoms with Crippen LogP contribution in [-0.2, 0) is 18.5 Å². The van der Waals surface area contributed by atoms with E-state index in [0.29, 0.717) is 35.7 Å². The summed E-state index contributed by atoms with van der Waals surface area (Å²) in [6.07, 6.45) is -3.62. The number of hydrogen-bond acceptors (Lipinski definition) is 6. The Labute approximate surface area is 131 Å². The number of rotatable bonds is 3. The molecule has 2 unspecified atom stereocenters. The number of nitrogens with one attached hydrogen (secondary N) is 2. The summed E-state index contributed by atoms with van der Waals surface area (Å²) in [4.78, 5) is 4.35. The molecule has 2 atom stereocenters. The van der Waals surface area contributed by atoms with E-state index in [1.54, 1.807) is 7.05 Å². The average Bonchev–Trinajstić information content (AvgIpc) is 2.85. The van der Waals surface area contributed by atoms with Crippen LogP contribution in [0.1, 0.15) is 29.9 Å². The average molecular weight is 331 g/mol. The molecule has 23 heavy (non-hydrogen) atoms. The lowest BCUT2D eigenvalue weighted by molar-refractivity contribution is -0.177. The van der Waals surface area contributed by atoms with Crippen LogP contribution in [0, 0.1) is 5.92 Å². The normalized spacial score (nSPS) is 27.0. The summed E-state index contributed by atoms with van der Waals surface area (Å²) in [5.74, 6) is -0.188. The maximum atomic E-state index is 13.1. The number of aryl methyl sites for hydroxylation is 1. The van der Waals surface area contributed by atoms with Crippen LogP contribution in [0.5, 0.6) is 0 Å². The van der Waals surface area contributed by atoms with Crippen LogP contribution in [0.15, 0.2) is 9.41 Å². The van der Waals surface area contributed by atoms with Gasteiger partial charge in [-0.15, -0.1) is 0 Å². The Kier molecular flexibility index (Phi) is 3.80. The zero-order valence-electron chi connectivity index (χ0n) is 12.8. The van der Waals surface area contributed by atoms with Gasteiger partial charge < -0.3 is 21.2 Å². The molecule has 0 bridgehead atoms. The van der Waals surface area contributed by atoms with Crippen LogP contribution in [0.2, 0.25) is 0 Å². The smallest absolute Gasteiger partial charge is 0.392 e. The van der Waals surface area contributed by atoms with E-state index >= 15 is 0 Å². The van der Waals surface area contributed by atoms with Crippen molar-refractivity contribution < 1.29 is 17.6 Å². The van der Waals surface area contributed by atoms with Gasteiger partial charge in [0.05, 0.1) is 11.6 Å². The van der Waals surface area contributed by atoms with Crippen molar-refractivity contribution in [1.29, 1.82) is 0 Å². The van der Waals surface area contributed by atoms with Crippen molar-refractivity contribution in [2.24, 2.45) is 22.4 Å². The fraction of sp³-hybridized carbons (Fsp3) is 0.643. The Morgan fingerprint density at radius 3 is 2.83 bits per heavy atom. The Hall–Kier alpha value is -1.74. The summed E-state index contributed by atoms with van der Waals surface area (Å²) >= 11 is 0. The van der Waals surface area contributed by atoms with E-state index in [0.717, 1.165) is 0 Å². The first-order chi connectivity index (χ1) is 10.8. The molecular weight excluding hydrogens is 311 g/mol. The predicted octanol–water partition coefficient (Wildman–Crippen LogP) is 1.41. The van der Waals surface area contributed by atoms with Crippen molar-refractivity contribution in [1.82, 2.24) is 5.32 Å². The first-order valence-electron chi connectivity index (χ1n) is 7.54. The summed E-state index contributed by atoms with van der Waals surface area (Å²) in [7, 11) is 1.70. The van der Waals surface area contributed by atoms with Crippen molar-refractivity contribution in [2.45, 2.75) is 37.5 Å². The second kappa shape index (κ2) is 5.41. The first-order valence-corrected chi connectivity index (χ1v) is 7.54. The lowest BCUT2D eigenvalue weighted by Gasteiger charge is -2.32. The van der Waals surface area contributed by atoms with Crippen LogP contribution in [0.3, 0.4) is 0 Å². The van der Waals surface area contributed by atoms with Crippen LogP contribution in [0.25, 0.3) is 0 Å². The number of fused-ring (bicyclic) bond motifs is 3. The lowest BCUT2D eigenvalue weighted by atomic mass is 9.86. The number of nitrogens with two attached hydrogens (primary N) is 2. The third-order valence-electron chi connectivity index (χ3n) is 4.58. The van der Waals surface area contributed by atoms with Gasteiger partial charge in [0.2, 0.25) is 0 Å². The van der Waals surface area contributed by atoms with Gasteiger partial charge in [-0.1, -0.05) is 0 Å². The van der Waals surface area contributed by atoms with E-state index in [9.17, 15) is 13.2 Å². The van der Waals surface area contributed by atoms with Crippen molar-refractivity contribution in [2.75, 3.05) is 18.9 Å². The summed E-state index contributed by atoms with van der Waals surface area (Å²) in [6, 6.07) is 0. The van der Waals surface area contributed by atoms with Crippen molar-refractivity contribution in [3.8, 4) is 0 Å². The Bertz CT molecular complexity index is 639. The molecule has 1 aromatic heterocycles. The van der Waals surface area contributed by atoms with E-state index in [2.05, 4.69) is 15.6 Å². The van der Waals surface area contributed by atoms with Gasteiger partial charge in [-0.25, -0.2) is 4.99 Å². The van der Waals surface area contributed by atoms with E-state index < -0.39 is 17.8 Å². The number of nitrogens with zero attached hydrogens (tertiary/aromatic N) is 1. The minimum atomic E-state index is -4.21. The third-order valence-corrected chi connectivity index (χ3v) is 4.58. The molecule has 2 heterocycles. The molecule has 0 fully saturated rings. The van der Waals surface area contributed by atoms with Gasteiger partial charge in [0.1, 0.15) is 5.76 Å². The fourth-order valence-corrected chi connectivity index (χ4v) is 3.37. The lowest BCUT2D eigenvalue weighted by Crippen LogP contribution is -2.46. The van der Waals surface area contributed by atoms with Crippen LogP contribution >= 0.6 is 0 Å². The van der Waals surface area contributed by atoms with Crippen LogP contribution < -0.4 is 22.1 Å². The molecule has 0 radical (unpaired) electrons. The number of halogens is 3. The second-order valence-corrected chi connectivity index (χ2v) is 5.96. The summed E-state index contributed by atoms with van der Waals surface area (Å²) in [6.45, 7) is 0.327. The van der Waals surface area contributed by atoms with Gasteiger partial charge >= 0.3 is 6.18 Å². The Morgan fingerprint density at radius 2 is 2.22 bits per heavy atom. The number of aliphatic imine (C=N–C) groups is 1. The molecule has 1 aliphatic heterocycles. The molecule has 1 aliphatic carbocycles. The molecule has 9 heteroatoms. The summed E-state index contributed by atoms with van der Waals surface area (Å²) < 4.78 is 45.1. The standard InChI is InChI=1S/C14H20F3N5O/c1-20-13(4-5-18)11-10(21-12(19)22-13)8-6-7(14(15,16)17)2-3-9(8)23-11/h7,20H,2-6,18H2,1H3,(H3,19,21,22). The molecule has 0 saturated heterocycles. The monoisotopic (exact) mass is 331 g/mol. The van der Waals surface area contributed by atoms with Gasteiger partial charge in [0.15, 0.2) is 17.4 Å². The van der Waals surface area contributed by atoms with Crippen LogP contribution in [0.4, 0.5) is 18.9 Å². The zero-order valence-corrected chi connectivity index (χ0v) is 12.8. The number of guanidine groups is 1. The first kappa shape index (κ1) is 16.1. The maximum absolute atomic E-state index is 13.1. The Morgan fingerprint density at radius 1 is 1.48 bits per heavy atom. The maximum Gasteiger partial charge on any atom is 0.392 e. The molecule has 0 amide bonds. The minimum absolute atomic E-state index is 0.0304. The summed E-state index contributed by atoms with van der Waals surface area (Å²) in [5.41, 5.74) is 11.6. The largest absolute Gasteiger partial charge is 0.459 e. The second-order valence-electron chi connectivity index (χ2n) is 5.96. The number of hydrogen-bond donors (Lipinski definition) is 4. The Balaban J connectivity index is 2.05. The van der Waals surface area contributed by atoms with Gasteiger partial charge in [0.25, 0.3) is 0 Å². The molecule has 0 spiro atoms. The van der Waals surface area contributed by atoms with E-state index in [1.165, 1.54) is 0 Å². The number of furan rings is 1. The quantitative estimate of drug-likeness (QED) is 0.671.